The van der Waals surface area contributed by atoms with Crippen molar-refractivity contribution in [3.63, 3.8) is 0 Å². The maximum absolute atomic E-state index is 9.50. The summed E-state index contributed by atoms with van der Waals surface area (Å²) < 4.78 is 0. The third-order valence-corrected chi connectivity index (χ3v) is 2.16. The molecule has 2 rings (SSSR count). The van der Waals surface area contributed by atoms with Gasteiger partial charge in [-0.1, -0.05) is 18.2 Å². The molecular weight excluding hydrogens is 162 g/mol. The molecule has 0 spiro atoms. The molecule has 2 nitrogen and oxygen atoms in total. The van der Waals surface area contributed by atoms with E-state index in [1.54, 1.807) is 19.3 Å². The molecule has 0 amide bonds. The topological polar surface area (TPSA) is 33.1 Å². The summed E-state index contributed by atoms with van der Waals surface area (Å²) in [5, 5.41) is 11.6. The molecule has 0 aliphatic rings. The van der Waals surface area contributed by atoms with Gasteiger partial charge in [0.25, 0.3) is 0 Å². The summed E-state index contributed by atoms with van der Waals surface area (Å²) in [5.41, 5.74) is 0.958. The van der Waals surface area contributed by atoms with Crippen molar-refractivity contribution in [1.29, 1.82) is 0 Å². The van der Waals surface area contributed by atoms with Gasteiger partial charge in [0, 0.05) is 17.8 Å². The fourth-order valence-corrected chi connectivity index (χ4v) is 1.51. The highest BCUT2D eigenvalue weighted by Crippen LogP contribution is 2.22. The van der Waals surface area contributed by atoms with E-state index in [0.717, 1.165) is 16.3 Å². The van der Waals surface area contributed by atoms with E-state index in [9.17, 15) is 5.11 Å². The number of aliphatic hydroxyl groups excluding tert-OH is 1. The fraction of sp³-hybridized carbons (Fsp3) is 0.182. The maximum Gasteiger partial charge on any atom is 0.0767 e. The van der Waals surface area contributed by atoms with E-state index >= 15 is 0 Å². The predicted molar refractivity (Wildman–Crippen MR) is 52.4 cm³/mol. The lowest BCUT2D eigenvalue weighted by Crippen LogP contribution is -1.92. The number of nitrogens with zero attached hydrogens (tertiary/aromatic N) is 1. The summed E-state index contributed by atoms with van der Waals surface area (Å²) >= 11 is 0. The Kier molecular flexibility index (Phi) is 1.99. The molecular formula is C11H11NO. The van der Waals surface area contributed by atoms with Gasteiger partial charge in [-0.3, -0.25) is 4.98 Å². The fourth-order valence-electron chi connectivity index (χ4n) is 1.51. The zero-order valence-corrected chi connectivity index (χ0v) is 7.44. The molecule has 0 fully saturated rings. The van der Waals surface area contributed by atoms with Crippen molar-refractivity contribution < 1.29 is 5.11 Å². The van der Waals surface area contributed by atoms with Crippen LogP contribution in [0, 0.1) is 0 Å². The molecule has 1 heterocycles. The summed E-state index contributed by atoms with van der Waals surface area (Å²) in [7, 11) is 0. The van der Waals surface area contributed by atoms with E-state index in [1.807, 2.05) is 24.3 Å². The van der Waals surface area contributed by atoms with Gasteiger partial charge in [0.1, 0.15) is 0 Å². The molecule has 0 aliphatic carbocycles. The Morgan fingerprint density at radius 3 is 2.92 bits per heavy atom. The second kappa shape index (κ2) is 3.15. The molecule has 2 aromatic rings. The van der Waals surface area contributed by atoms with E-state index in [4.69, 9.17) is 0 Å². The average molecular weight is 173 g/mol. The molecule has 1 N–H and O–H groups in total. The Hall–Kier alpha value is -1.41. The van der Waals surface area contributed by atoms with Gasteiger partial charge in [-0.15, -0.1) is 0 Å². The number of rotatable bonds is 1. The van der Waals surface area contributed by atoms with Crippen LogP contribution < -0.4 is 0 Å². The first-order valence-corrected chi connectivity index (χ1v) is 4.30. The predicted octanol–water partition coefficient (Wildman–Crippen LogP) is 2.29. The van der Waals surface area contributed by atoms with Gasteiger partial charge in [-0.25, -0.2) is 0 Å². The van der Waals surface area contributed by atoms with Gasteiger partial charge in [-0.2, -0.15) is 0 Å². The summed E-state index contributed by atoms with van der Waals surface area (Å²) in [6.45, 7) is 1.77. The van der Waals surface area contributed by atoms with Crippen molar-refractivity contribution >= 4 is 10.8 Å². The van der Waals surface area contributed by atoms with Crippen molar-refractivity contribution in [2.75, 3.05) is 0 Å². The summed E-state index contributed by atoms with van der Waals surface area (Å²) in [6.07, 6.45) is 3.13. The number of aliphatic hydroxyl groups is 1. The van der Waals surface area contributed by atoms with Gasteiger partial charge in [0.2, 0.25) is 0 Å². The minimum atomic E-state index is -0.425. The van der Waals surface area contributed by atoms with Crippen molar-refractivity contribution in [3.8, 4) is 0 Å². The van der Waals surface area contributed by atoms with E-state index in [2.05, 4.69) is 4.98 Å². The number of pyridine rings is 1. The molecule has 0 bridgehead atoms. The summed E-state index contributed by atoms with van der Waals surface area (Å²) in [4.78, 5) is 4.03. The van der Waals surface area contributed by atoms with Crippen LogP contribution in [0.4, 0.5) is 0 Å². The van der Waals surface area contributed by atoms with E-state index < -0.39 is 6.10 Å². The first kappa shape index (κ1) is 8.20. The Balaban J connectivity index is 2.76. The second-order valence-corrected chi connectivity index (χ2v) is 3.12. The Morgan fingerprint density at radius 2 is 2.15 bits per heavy atom. The summed E-state index contributed by atoms with van der Waals surface area (Å²) in [6, 6.07) is 7.80. The molecule has 0 aliphatic heterocycles. The smallest absolute Gasteiger partial charge is 0.0767 e. The van der Waals surface area contributed by atoms with Crippen LogP contribution in [0.1, 0.15) is 18.6 Å². The average Bonchev–Trinajstić information content (AvgIpc) is 2.17. The van der Waals surface area contributed by atoms with Crippen molar-refractivity contribution in [1.82, 2.24) is 4.98 Å². The van der Waals surface area contributed by atoms with Crippen molar-refractivity contribution in [3.05, 3.63) is 42.2 Å². The first-order chi connectivity index (χ1) is 6.29. The molecule has 1 aromatic carbocycles. The number of hydrogen-bond acceptors (Lipinski definition) is 2. The minimum Gasteiger partial charge on any atom is -0.389 e. The molecule has 66 valence electrons. The standard InChI is InChI=1S/C11H11NO/c1-8(13)10-4-2-3-9-7-12-6-5-11(9)10/h2-8,13H,1H3. The lowest BCUT2D eigenvalue weighted by Gasteiger charge is -2.07. The van der Waals surface area contributed by atoms with Gasteiger partial charge >= 0.3 is 0 Å². The molecule has 0 saturated heterocycles. The van der Waals surface area contributed by atoms with E-state index in [-0.39, 0.29) is 0 Å². The van der Waals surface area contributed by atoms with Gasteiger partial charge < -0.3 is 5.11 Å². The SMILES string of the molecule is CC(O)c1cccc2cnccc12. The lowest BCUT2D eigenvalue weighted by atomic mass is 10.0. The number of fused-ring (bicyclic) bond motifs is 1. The summed E-state index contributed by atoms with van der Waals surface area (Å²) in [5.74, 6) is 0. The highest BCUT2D eigenvalue weighted by molar-refractivity contribution is 5.84. The van der Waals surface area contributed by atoms with Crippen LogP contribution in [-0.2, 0) is 0 Å². The maximum atomic E-state index is 9.50. The monoisotopic (exact) mass is 173 g/mol. The van der Waals surface area contributed by atoms with Crippen molar-refractivity contribution in [2.24, 2.45) is 0 Å². The highest BCUT2D eigenvalue weighted by atomic mass is 16.3. The number of benzene rings is 1. The Morgan fingerprint density at radius 1 is 1.31 bits per heavy atom. The molecule has 13 heavy (non-hydrogen) atoms. The van der Waals surface area contributed by atoms with Gasteiger partial charge in [0.05, 0.1) is 6.10 Å². The van der Waals surface area contributed by atoms with Crippen LogP contribution in [0.3, 0.4) is 0 Å². The van der Waals surface area contributed by atoms with Crippen LogP contribution in [0.15, 0.2) is 36.7 Å². The van der Waals surface area contributed by atoms with Crippen LogP contribution >= 0.6 is 0 Å². The third-order valence-electron chi connectivity index (χ3n) is 2.16. The molecule has 2 heteroatoms. The van der Waals surface area contributed by atoms with Crippen molar-refractivity contribution in [2.45, 2.75) is 13.0 Å². The first-order valence-electron chi connectivity index (χ1n) is 4.30. The Labute approximate surface area is 76.9 Å². The molecule has 1 aromatic heterocycles. The minimum absolute atomic E-state index is 0.425. The van der Waals surface area contributed by atoms with Crippen LogP contribution in [0.25, 0.3) is 10.8 Å². The van der Waals surface area contributed by atoms with Crippen LogP contribution in [0.5, 0.6) is 0 Å². The lowest BCUT2D eigenvalue weighted by molar-refractivity contribution is 0.201. The van der Waals surface area contributed by atoms with Gasteiger partial charge in [-0.05, 0) is 23.9 Å². The Bertz CT molecular complexity index is 418. The quantitative estimate of drug-likeness (QED) is 0.717. The van der Waals surface area contributed by atoms with Crippen LogP contribution in [0.2, 0.25) is 0 Å². The third kappa shape index (κ3) is 1.40. The van der Waals surface area contributed by atoms with Gasteiger partial charge in [0.15, 0.2) is 0 Å². The zero-order chi connectivity index (χ0) is 9.26. The molecule has 1 unspecified atom stereocenters. The highest BCUT2D eigenvalue weighted by Gasteiger charge is 2.04. The molecule has 1 atom stereocenters. The van der Waals surface area contributed by atoms with E-state index in [0.29, 0.717) is 0 Å². The number of aromatic nitrogens is 1. The second-order valence-electron chi connectivity index (χ2n) is 3.12. The van der Waals surface area contributed by atoms with Crippen LogP contribution in [-0.4, -0.2) is 10.1 Å². The number of hydrogen-bond donors (Lipinski definition) is 1. The normalized spacial score (nSPS) is 13.1. The zero-order valence-electron chi connectivity index (χ0n) is 7.44. The molecule has 0 saturated carbocycles. The largest absolute Gasteiger partial charge is 0.389 e. The molecule has 0 radical (unpaired) electrons. The van der Waals surface area contributed by atoms with E-state index in [1.165, 1.54) is 0 Å².